The molecule has 0 spiro atoms. The molecule has 1 saturated heterocycles. The van der Waals surface area contributed by atoms with E-state index in [0.29, 0.717) is 31.8 Å². The number of carbonyl (C=O) groups excluding carboxylic acids is 1. The molecule has 8 nitrogen and oxygen atoms in total. The zero-order valence-electron chi connectivity index (χ0n) is 15.5. The van der Waals surface area contributed by atoms with Crippen molar-refractivity contribution in [2.45, 2.75) is 24.3 Å². The molecule has 1 fully saturated rings. The van der Waals surface area contributed by atoms with Crippen molar-refractivity contribution in [1.82, 2.24) is 19.0 Å². The molecule has 1 aromatic carbocycles. The van der Waals surface area contributed by atoms with E-state index in [1.54, 1.807) is 31.0 Å². The van der Waals surface area contributed by atoms with Crippen LogP contribution in [-0.2, 0) is 21.9 Å². The second-order valence-electron chi connectivity index (χ2n) is 6.51. The lowest BCUT2D eigenvalue weighted by atomic mass is 10.3. The van der Waals surface area contributed by atoms with Gasteiger partial charge in [0, 0.05) is 39.4 Å². The normalized spacial score (nSPS) is 17.3. The minimum Gasteiger partial charge on any atom is -0.481 e. The molecule has 1 aliphatic heterocycles. The van der Waals surface area contributed by atoms with Crippen LogP contribution in [0.15, 0.2) is 47.6 Å². The average molecular weight is 392 g/mol. The summed E-state index contributed by atoms with van der Waals surface area (Å²) in [5, 5.41) is 3.94. The van der Waals surface area contributed by atoms with Gasteiger partial charge in [-0.2, -0.15) is 9.40 Å². The molecule has 2 heterocycles. The first-order valence-electron chi connectivity index (χ1n) is 8.87. The summed E-state index contributed by atoms with van der Waals surface area (Å²) in [6.07, 6.45) is 2.77. The molecule has 1 amide bonds. The van der Waals surface area contributed by atoms with Crippen LogP contribution in [0.5, 0.6) is 5.75 Å². The van der Waals surface area contributed by atoms with Gasteiger partial charge in [0.25, 0.3) is 5.91 Å². The Bertz CT molecular complexity index is 882. The quantitative estimate of drug-likeness (QED) is 0.761. The highest BCUT2D eigenvalue weighted by molar-refractivity contribution is 7.89. The number of rotatable bonds is 5. The van der Waals surface area contributed by atoms with Crippen molar-refractivity contribution in [3.8, 4) is 5.75 Å². The maximum Gasteiger partial charge on any atom is 0.263 e. The zero-order chi connectivity index (χ0) is 19.4. The van der Waals surface area contributed by atoms with Crippen LogP contribution >= 0.6 is 0 Å². The summed E-state index contributed by atoms with van der Waals surface area (Å²) in [6.45, 7) is 3.17. The highest BCUT2D eigenvalue weighted by atomic mass is 32.2. The Kier molecular flexibility index (Phi) is 5.81. The number of benzene rings is 1. The van der Waals surface area contributed by atoms with E-state index in [9.17, 15) is 13.2 Å². The highest BCUT2D eigenvalue weighted by Gasteiger charge is 2.30. The van der Waals surface area contributed by atoms with E-state index in [1.807, 2.05) is 18.2 Å². The van der Waals surface area contributed by atoms with Crippen molar-refractivity contribution in [1.29, 1.82) is 0 Å². The van der Waals surface area contributed by atoms with Crippen LogP contribution in [0.2, 0.25) is 0 Å². The molecule has 0 aliphatic carbocycles. The SMILES string of the molecule is C[C@H](Oc1ccccc1)C(=O)N1CCCN(S(=O)(=O)c2cnn(C)c2)CC1. The lowest BCUT2D eigenvalue weighted by molar-refractivity contribution is -0.137. The van der Waals surface area contributed by atoms with E-state index in [-0.39, 0.29) is 17.3 Å². The van der Waals surface area contributed by atoms with Gasteiger partial charge in [-0.1, -0.05) is 18.2 Å². The molecular weight excluding hydrogens is 368 g/mol. The first-order valence-corrected chi connectivity index (χ1v) is 10.3. The summed E-state index contributed by atoms with van der Waals surface area (Å²) in [4.78, 5) is 14.5. The van der Waals surface area contributed by atoms with Gasteiger partial charge in [0.05, 0.1) is 6.20 Å². The second kappa shape index (κ2) is 8.10. The number of ether oxygens (including phenoxy) is 1. The zero-order valence-corrected chi connectivity index (χ0v) is 16.3. The Morgan fingerprint density at radius 3 is 2.56 bits per heavy atom. The summed E-state index contributed by atoms with van der Waals surface area (Å²) in [5.74, 6) is 0.494. The largest absolute Gasteiger partial charge is 0.481 e. The van der Waals surface area contributed by atoms with Gasteiger partial charge < -0.3 is 9.64 Å². The van der Waals surface area contributed by atoms with E-state index in [1.165, 1.54) is 21.4 Å². The van der Waals surface area contributed by atoms with Gasteiger partial charge in [-0.3, -0.25) is 9.48 Å². The standard InChI is InChI=1S/C18H24N4O4S/c1-15(26-16-7-4-3-5-8-16)18(23)21-9-6-10-22(12-11-21)27(24,25)17-13-19-20(2)14-17/h3-5,7-8,13-15H,6,9-12H2,1-2H3/t15-/m0/s1. The molecule has 0 N–H and O–H groups in total. The fraction of sp³-hybridized carbons (Fsp3) is 0.444. The van der Waals surface area contributed by atoms with Crippen molar-refractivity contribution >= 4 is 15.9 Å². The number of hydrogen-bond acceptors (Lipinski definition) is 5. The van der Waals surface area contributed by atoms with Crippen LogP contribution < -0.4 is 4.74 Å². The smallest absolute Gasteiger partial charge is 0.263 e. The highest BCUT2D eigenvalue weighted by Crippen LogP contribution is 2.18. The summed E-state index contributed by atoms with van der Waals surface area (Å²) in [7, 11) is -1.93. The van der Waals surface area contributed by atoms with Crippen molar-refractivity contribution in [2.75, 3.05) is 26.2 Å². The predicted molar refractivity (Wildman–Crippen MR) is 99.7 cm³/mol. The van der Waals surface area contributed by atoms with Crippen molar-refractivity contribution < 1.29 is 17.9 Å². The molecule has 1 aliphatic rings. The van der Waals surface area contributed by atoms with Gasteiger partial charge in [-0.25, -0.2) is 8.42 Å². The van der Waals surface area contributed by atoms with E-state index < -0.39 is 16.1 Å². The van der Waals surface area contributed by atoms with Gasteiger partial charge in [0.2, 0.25) is 10.0 Å². The summed E-state index contributed by atoms with van der Waals surface area (Å²) >= 11 is 0. The Morgan fingerprint density at radius 2 is 1.89 bits per heavy atom. The monoisotopic (exact) mass is 392 g/mol. The van der Waals surface area contributed by atoms with Gasteiger partial charge in [0.15, 0.2) is 6.10 Å². The second-order valence-corrected chi connectivity index (χ2v) is 8.44. The maximum absolute atomic E-state index is 12.7. The Morgan fingerprint density at radius 1 is 1.15 bits per heavy atom. The van der Waals surface area contributed by atoms with Gasteiger partial charge >= 0.3 is 0 Å². The number of aryl methyl sites for hydroxylation is 1. The number of aromatic nitrogens is 2. The number of carbonyl (C=O) groups is 1. The predicted octanol–water partition coefficient (Wildman–Crippen LogP) is 1.11. The summed E-state index contributed by atoms with van der Waals surface area (Å²) in [5.41, 5.74) is 0. The third-order valence-electron chi connectivity index (χ3n) is 4.49. The molecule has 0 unspecified atom stereocenters. The average Bonchev–Trinajstić information content (AvgIpc) is 2.95. The Hall–Kier alpha value is -2.39. The summed E-state index contributed by atoms with van der Waals surface area (Å²) < 4.78 is 34.1. The lowest BCUT2D eigenvalue weighted by Crippen LogP contribution is -2.43. The summed E-state index contributed by atoms with van der Waals surface area (Å²) in [6, 6.07) is 9.17. The molecule has 0 radical (unpaired) electrons. The first kappa shape index (κ1) is 19.4. The molecule has 3 rings (SSSR count). The number of hydrogen-bond donors (Lipinski definition) is 0. The minimum absolute atomic E-state index is 0.139. The lowest BCUT2D eigenvalue weighted by Gasteiger charge is -2.25. The van der Waals surface area contributed by atoms with E-state index >= 15 is 0 Å². The number of amides is 1. The van der Waals surface area contributed by atoms with Gasteiger partial charge in [0.1, 0.15) is 10.6 Å². The molecule has 1 aromatic heterocycles. The third kappa shape index (κ3) is 4.48. The molecule has 0 saturated carbocycles. The van der Waals surface area contributed by atoms with E-state index in [4.69, 9.17) is 4.74 Å². The molecule has 1 atom stereocenters. The van der Waals surface area contributed by atoms with Crippen molar-refractivity contribution in [3.05, 3.63) is 42.7 Å². The van der Waals surface area contributed by atoms with Crippen LogP contribution in [0.3, 0.4) is 0 Å². The molecule has 0 bridgehead atoms. The third-order valence-corrected chi connectivity index (χ3v) is 6.34. The number of para-hydroxylation sites is 1. The maximum atomic E-state index is 12.7. The fourth-order valence-electron chi connectivity index (χ4n) is 3.05. The topological polar surface area (TPSA) is 84.7 Å². The van der Waals surface area contributed by atoms with E-state index in [0.717, 1.165) is 0 Å². The van der Waals surface area contributed by atoms with Crippen LogP contribution in [0, 0.1) is 0 Å². The van der Waals surface area contributed by atoms with Crippen LogP contribution in [0.1, 0.15) is 13.3 Å². The Balaban J connectivity index is 1.63. The van der Waals surface area contributed by atoms with Crippen LogP contribution in [-0.4, -0.2) is 65.6 Å². The van der Waals surface area contributed by atoms with Crippen LogP contribution in [0.4, 0.5) is 0 Å². The molecule has 27 heavy (non-hydrogen) atoms. The molecular formula is C18H24N4O4S. The van der Waals surface area contributed by atoms with Gasteiger partial charge in [-0.05, 0) is 25.5 Å². The minimum atomic E-state index is -3.60. The molecule has 9 heteroatoms. The van der Waals surface area contributed by atoms with Crippen molar-refractivity contribution in [2.24, 2.45) is 7.05 Å². The Labute approximate surface area is 159 Å². The molecule has 146 valence electrons. The van der Waals surface area contributed by atoms with Crippen LogP contribution in [0.25, 0.3) is 0 Å². The first-order chi connectivity index (χ1) is 12.9. The van der Waals surface area contributed by atoms with Gasteiger partial charge in [-0.15, -0.1) is 0 Å². The number of nitrogens with zero attached hydrogens (tertiary/aromatic N) is 4. The fourth-order valence-corrected chi connectivity index (χ4v) is 4.50. The molecule has 2 aromatic rings. The van der Waals surface area contributed by atoms with Crippen molar-refractivity contribution in [3.63, 3.8) is 0 Å². The van der Waals surface area contributed by atoms with E-state index in [2.05, 4.69) is 5.10 Å². The number of sulfonamides is 1.